The van der Waals surface area contributed by atoms with Gasteiger partial charge in [0.15, 0.2) is 0 Å². The highest BCUT2D eigenvalue weighted by atomic mass is 16.5. The average molecular weight is 236 g/mol. The van der Waals surface area contributed by atoms with Gasteiger partial charge in [0.2, 0.25) is 0 Å². The van der Waals surface area contributed by atoms with E-state index in [1.165, 1.54) is 0 Å². The molecule has 0 saturated carbocycles. The topological polar surface area (TPSA) is 75.8 Å². The van der Waals surface area contributed by atoms with E-state index in [-0.39, 0.29) is 0 Å². The van der Waals surface area contributed by atoms with Gasteiger partial charge < -0.3 is 19.4 Å². The molecule has 6 nitrogen and oxygen atoms in total. The van der Waals surface area contributed by atoms with Crippen LogP contribution in [0, 0.1) is 0 Å². The Kier molecular flexibility index (Phi) is 4.74. The van der Waals surface area contributed by atoms with Crippen molar-refractivity contribution in [1.82, 2.24) is 19.9 Å². The smallest absolute Gasteiger partial charge is 0.132 e. The van der Waals surface area contributed by atoms with Crippen molar-refractivity contribution >= 4 is 0 Å². The van der Waals surface area contributed by atoms with Gasteiger partial charge in [-0.05, 0) is 6.42 Å². The number of aromatic nitrogens is 4. The van der Waals surface area contributed by atoms with Crippen molar-refractivity contribution < 1.29 is 9.47 Å². The maximum Gasteiger partial charge on any atom is 0.132 e. The summed E-state index contributed by atoms with van der Waals surface area (Å²) < 4.78 is 10.9. The first-order chi connectivity index (χ1) is 8.45. The zero-order valence-electron chi connectivity index (χ0n) is 9.56. The predicted octanol–water partition coefficient (Wildman–Crippen LogP) is 1.26. The number of imidazole rings is 2. The summed E-state index contributed by atoms with van der Waals surface area (Å²) in [6, 6.07) is 0. The van der Waals surface area contributed by atoms with E-state index >= 15 is 0 Å². The molecular weight excluding hydrogens is 220 g/mol. The van der Waals surface area contributed by atoms with E-state index in [0.717, 1.165) is 17.9 Å². The summed E-state index contributed by atoms with van der Waals surface area (Å²) in [5.74, 6) is 0.850. The number of rotatable bonds is 8. The Labute approximate surface area is 99.4 Å². The van der Waals surface area contributed by atoms with Gasteiger partial charge in [0.25, 0.3) is 0 Å². The normalized spacial score (nSPS) is 10.8. The molecule has 92 valence electrons. The van der Waals surface area contributed by atoms with Crippen LogP contribution in [-0.4, -0.2) is 33.1 Å². The lowest BCUT2D eigenvalue weighted by Crippen LogP contribution is -2.02. The third kappa shape index (κ3) is 4.38. The van der Waals surface area contributed by atoms with Crippen LogP contribution in [0.5, 0.6) is 0 Å². The molecule has 2 rings (SSSR count). The number of aromatic amines is 2. The molecule has 0 spiro atoms. The Balaban J connectivity index is 1.44. The molecule has 0 aromatic carbocycles. The molecule has 0 amide bonds. The lowest BCUT2D eigenvalue weighted by molar-refractivity contribution is 0.0665. The first-order valence-corrected chi connectivity index (χ1v) is 5.56. The minimum Gasteiger partial charge on any atom is -0.375 e. The van der Waals surface area contributed by atoms with Gasteiger partial charge in [0.1, 0.15) is 12.4 Å². The summed E-state index contributed by atoms with van der Waals surface area (Å²) in [7, 11) is 0. The van der Waals surface area contributed by atoms with Gasteiger partial charge in [-0.2, -0.15) is 0 Å². The van der Waals surface area contributed by atoms with Gasteiger partial charge in [-0.3, -0.25) is 0 Å². The Hall–Kier alpha value is -1.66. The molecule has 0 bridgehead atoms. The van der Waals surface area contributed by atoms with Crippen LogP contribution in [0.1, 0.15) is 17.9 Å². The maximum atomic E-state index is 5.44. The van der Waals surface area contributed by atoms with Crippen molar-refractivity contribution in [1.29, 1.82) is 0 Å². The van der Waals surface area contributed by atoms with Crippen LogP contribution in [-0.2, 0) is 22.7 Å². The molecule has 0 saturated heterocycles. The van der Waals surface area contributed by atoms with E-state index in [1.807, 2.05) is 0 Å². The number of hydrogen-bond donors (Lipinski definition) is 2. The molecule has 0 aliphatic carbocycles. The van der Waals surface area contributed by atoms with Crippen molar-refractivity contribution in [2.45, 2.75) is 19.6 Å². The maximum absolute atomic E-state index is 5.44. The summed E-state index contributed by atoms with van der Waals surface area (Å²) in [5.41, 5.74) is 0.988. The highest BCUT2D eigenvalue weighted by Gasteiger charge is 1.96. The van der Waals surface area contributed by atoms with Crippen molar-refractivity contribution in [2.75, 3.05) is 13.2 Å². The minimum atomic E-state index is 0.521. The predicted molar refractivity (Wildman–Crippen MR) is 61.1 cm³/mol. The van der Waals surface area contributed by atoms with Crippen molar-refractivity contribution in [2.24, 2.45) is 0 Å². The fourth-order valence-electron chi connectivity index (χ4n) is 1.35. The first-order valence-electron chi connectivity index (χ1n) is 5.56. The highest BCUT2D eigenvalue weighted by Crippen LogP contribution is 1.96. The Morgan fingerprint density at radius 3 is 2.71 bits per heavy atom. The second kappa shape index (κ2) is 6.82. The molecule has 0 aliphatic rings. The van der Waals surface area contributed by atoms with Gasteiger partial charge in [-0.1, -0.05) is 0 Å². The number of nitrogens with zero attached hydrogens (tertiary/aromatic N) is 2. The molecule has 2 aromatic heterocycles. The molecule has 0 radical (unpaired) electrons. The molecule has 2 N–H and O–H groups in total. The van der Waals surface area contributed by atoms with E-state index < -0.39 is 0 Å². The second-order valence-corrected chi connectivity index (χ2v) is 3.57. The first kappa shape index (κ1) is 11.8. The van der Waals surface area contributed by atoms with Gasteiger partial charge >= 0.3 is 0 Å². The number of nitrogens with one attached hydrogen (secondary N) is 2. The monoisotopic (exact) mass is 236 g/mol. The van der Waals surface area contributed by atoms with Crippen LogP contribution < -0.4 is 0 Å². The molecule has 0 atom stereocenters. The van der Waals surface area contributed by atoms with Crippen LogP contribution in [0.15, 0.2) is 24.9 Å². The Morgan fingerprint density at radius 1 is 1.12 bits per heavy atom. The van der Waals surface area contributed by atoms with Crippen LogP contribution in [0.2, 0.25) is 0 Å². The largest absolute Gasteiger partial charge is 0.375 e. The van der Waals surface area contributed by atoms with Crippen LogP contribution in [0.4, 0.5) is 0 Å². The lowest BCUT2D eigenvalue weighted by atomic mass is 10.5. The zero-order valence-corrected chi connectivity index (χ0v) is 9.56. The number of hydrogen-bond acceptors (Lipinski definition) is 4. The third-order valence-corrected chi connectivity index (χ3v) is 2.18. The summed E-state index contributed by atoms with van der Waals surface area (Å²) >= 11 is 0. The second-order valence-electron chi connectivity index (χ2n) is 3.57. The van der Waals surface area contributed by atoms with Crippen LogP contribution in [0.25, 0.3) is 0 Å². The summed E-state index contributed by atoms with van der Waals surface area (Å²) in [5, 5.41) is 0. The fourth-order valence-corrected chi connectivity index (χ4v) is 1.35. The molecule has 0 unspecified atom stereocenters. The quantitative estimate of drug-likeness (QED) is 0.676. The van der Waals surface area contributed by atoms with Gasteiger partial charge in [0.05, 0.1) is 24.8 Å². The van der Waals surface area contributed by atoms with E-state index in [4.69, 9.17) is 9.47 Å². The highest BCUT2D eigenvalue weighted by molar-refractivity contribution is 4.91. The van der Waals surface area contributed by atoms with E-state index in [1.54, 1.807) is 24.9 Å². The van der Waals surface area contributed by atoms with Crippen molar-refractivity contribution in [3.8, 4) is 0 Å². The Bertz CT molecular complexity index is 347. The van der Waals surface area contributed by atoms with Crippen LogP contribution >= 0.6 is 0 Å². The lowest BCUT2D eigenvalue weighted by Gasteiger charge is -2.03. The SMILES string of the molecule is c1c[nH]c(COCCCOCc2cnc[nH]2)n1. The summed E-state index contributed by atoms with van der Waals surface area (Å²) in [6.45, 7) is 2.44. The minimum absolute atomic E-state index is 0.521. The van der Waals surface area contributed by atoms with Crippen LogP contribution in [0.3, 0.4) is 0 Å². The molecule has 17 heavy (non-hydrogen) atoms. The molecule has 0 aliphatic heterocycles. The van der Waals surface area contributed by atoms with Gasteiger partial charge in [-0.15, -0.1) is 0 Å². The molecule has 2 aromatic rings. The molecule has 0 fully saturated rings. The van der Waals surface area contributed by atoms with Gasteiger partial charge in [-0.25, -0.2) is 9.97 Å². The fraction of sp³-hybridized carbons (Fsp3) is 0.455. The number of H-pyrrole nitrogens is 2. The average Bonchev–Trinajstić information content (AvgIpc) is 3.00. The third-order valence-electron chi connectivity index (χ3n) is 2.18. The summed E-state index contributed by atoms with van der Waals surface area (Å²) in [4.78, 5) is 13.9. The zero-order chi connectivity index (χ0) is 11.8. The van der Waals surface area contributed by atoms with E-state index in [2.05, 4.69) is 19.9 Å². The summed E-state index contributed by atoms with van der Waals surface area (Å²) in [6.07, 6.45) is 7.77. The molecule has 2 heterocycles. The molecule has 6 heteroatoms. The Morgan fingerprint density at radius 2 is 2.00 bits per heavy atom. The van der Waals surface area contributed by atoms with E-state index in [0.29, 0.717) is 26.4 Å². The van der Waals surface area contributed by atoms with Crippen molar-refractivity contribution in [3.05, 3.63) is 36.4 Å². The van der Waals surface area contributed by atoms with Crippen molar-refractivity contribution in [3.63, 3.8) is 0 Å². The van der Waals surface area contributed by atoms with E-state index in [9.17, 15) is 0 Å². The molecular formula is C11H16N4O2. The van der Waals surface area contributed by atoms with Gasteiger partial charge in [0, 0.05) is 25.6 Å². The standard InChI is InChI=1S/C11H16N4O2/c1(4-16-7-10-6-12-9-15-10)5-17-8-11-13-2-3-14-11/h2-3,6,9H,1,4-5,7-8H2,(H,12,15)(H,13,14). The number of ether oxygens (including phenoxy) is 2.